The Hall–Kier alpha value is -1.04. The fourth-order valence-electron chi connectivity index (χ4n) is 1.93. The lowest BCUT2D eigenvalue weighted by Gasteiger charge is -2.26. The van der Waals surface area contributed by atoms with E-state index >= 15 is 0 Å². The number of rotatable bonds is 6. The molecule has 0 aromatic rings. The van der Waals surface area contributed by atoms with Crippen LogP contribution in [-0.4, -0.2) is 23.4 Å². The molecule has 3 nitrogen and oxygen atoms in total. The van der Waals surface area contributed by atoms with E-state index < -0.39 is 5.92 Å². The number of nitriles is 1. The first-order valence-corrected chi connectivity index (χ1v) is 6.30. The van der Waals surface area contributed by atoms with Crippen molar-refractivity contribution in [1.82, 2.24) is 4.90 Å². The van der Waals surface area contributed by atoms with Crippen molar-refractivity contribution in [3.63, 3.8) is 0 Å². The summed E-state index contributed by atoms with van der Waals surface area (Å²) in [6, 6.07) is 2.57. The van der Waals surface area contributed by atoms with Crippen LogP contribution >= 0.6 is 0 Å². The molecule has 1 aliphatic carbocycles. The highest BCUT2D eigenvalue weighted by atomic mass is 16.2. The molecule has 0 saturated heterocycles. The molecule has 1 fully saturated rings. The van der Waals surface area contributed by atoms with Crippen molar-refractivity contribution in [3.05, 3.63) is 0 Å². The molecule has 0 heterocycles. The lowest BCUT2D eigenvalue weighted by Crippen LogP contribution is -2.39. The van der Waals surface area contributed by atoms with Crippen LogP contribution in [-0.2, 0) is 4.79 Å². The van der Waals surface area contributed by atoms with Gasteiger partial charge in [-0.25, -0.2) is 0 Å². The van der Waals surface area contributed by atoms with E-state index in [1.54, 1.807) is 0 Å². The topological polar surface area (TPSA) is 44.1 Å². The molecule has 0 aromatic carbocycles. The van der Waals surface area contributed by atoms with E-state index in [1.807, 2.05) is 11.8 Å². The van der Waals surface area contributed by atoms with Gasteiger partial charge in [-0.3, -0.25) is 4.79 Å². The van der Waals surface area contributed by atoms with Crippen molar-refractivity contribution in [3.8, 4) is 6.07 Å². The van der Waals surface area contributed by atoms with Gasteiger partial charge < -0.3 is 4.90 Å². The summed E-state index contributed by atoms with van der Waals surface area (Å²) in [4.78, 5) is 14.1. The zero-order valence-corrected chi connectivity index (χ0v) is 10.6. The molecule has 0 bridgehead atoms. The van der Waals surface area contributed by atoms with Crippen molar-refractivity contribution >= 4 is 5.91 Å². The molecule has 0 aromatic heterocycles. The minimum atomic E-state index is -0.427. The average Bonchev–Trinajstić information content (AvgIpc) is 3.05. The summed E-state index contributed by atoms with van der Waals surface area (Å²) < 4.78 is 0. The first-order valence-electron chi connectivity index (χ1n) is 6.30. The second-order valence-electron chi connectivity index (χ2n) is 5.09. The Bertz CT molecular complexity index is 276. The van der Waals surface area contributed by atoms with Crippen LogP contribution in [0.5, 0.6) is 0 Å². The minimum Gasteiger partial charge on any atom is -0.338 e. The molecule has 1 unspecified atom stereocenters. The van der Waals surface area contributed by atoms with Gasteiger partial charge in [-0.1, -0.05) is 27.2 Å². The molecular weight excluding hydrogens is 200 g/mol. The Morgan fingerprint density at radius 1 is 1.50 bits per heavy atom. The van der Waals surface area contributed by atoms with E-state index in [4.69, 9.17) is 5.26 Å². The summed E-state index contributed by atoms with van der Waals surface area (Å²) >= 11 is 0. The summed E-state index contributed by atoms with van der Waals surface area (Å²) in [5, 5.41) is 9.02. The Morgan fingerprint density at radius 3 is 2.50 bits per heavy atom. The van der Waals surface area contributed by atoms with Crippen molar-refractivity contribution in [2.24, 2.45) is 11.8 Å². The number of hydrogen-bond acceptors (Lipinski definition) is 2. The molecule has 90 valence electrons. The highest BCUT2D eigenvalue weighted by Crippen LogP contribution is 2.29. The van der Waals surface area contributed by atoms with E-state index in [0.29, 0.717) is 18.4 Å². The number of hydrogen-bond donors (Lipinski definition) is 0. The largest absolute Gasteiger partial charge is 0.338 e. The lowest BCUT2D eigenvalue weighted by molar-refractivity contribution is -0.135. The van der Waals surface area contributed by atoms with E-state index in [9.17, 15) is 4.79 Å². The van der Waals surface area contributed by atoms with Crippen LogP contribution in [0.15, 0.2) is 0 Å². The van der Waals surface area contributed by atoms with Gasteiger partial charge in [0.25, 0.3) is 0 Å². The summed E-state index contributed by atoms with van der Waals surface area (Å²) in [5.41, 5.74) is 0. The summed E-state index contributed by atoms with van der Waals surface area (Å²) in [5.74, 6) is 0.107. The number of amides is 1. The second kappa shape index (κ2) is 5.89. The lowest BCUT2D eigenvalue weighted by atomic mass is 10.0. The number of nitrogens with zero attached hydrogens (tertiary/aromatic N) is 2. The smallest absolute Gasteiger partial charge is 0.240 e. The third-order valence-corrected chi connectivity index (χ3v) is 2.86. The highest BCUT2D eigenvalue weighted by molar-refractivity contribution is 5.81. The molecule has 1 amide bonds. The van der Waals surface area contributed by atoms with Crippen LogP contribution < -0.4 is 0 Å². The molecule has 16 heavy (non-hydrogen) atoms. The van der Waals surface area contributed by atoms with Crippen LogP contribution in [0.1, 0.15) is 46.5 Å². The fraction of sp³-hybridized carbons (Fsp3) is 0.846. The van der Waals surface area contributed by atoms with Gasteiger partial charge >= 0.3 is 0 Å². The van der Waals surface area contributed by atoms with Crippen LogP contribution in [0.4, 0.5) is 0 Å². The van der Waals surface area contributed by atoms with Crippen molar-refractivity contribution in [1.29, 1.82) is 5.26 Å². The molecule has 0 N–H and O–H groups in total. The SMILES string of the molecule is CCCC(C#N)C(=O)N(CC(C)C)C1CC1. The maximum Gasteiger partial charge on any atom is 0.240 e. The molecular formula is C13H22N2O. The zero-order chi connectivity index (χ0) is 12.1. The van der Waals surface area contributed by atoms with Crippen molar-refractivity contribution in [2.45, 2.75) is 52.5 Å². The summed E-state index contributed by atoms with van der Waals surface area (Å²) in [6.45, 7) is 7.04. The van der Waals surface area contributed by atoms with Gasteiger partial charge in [0.15, 0.2) is 0 Å². The predicted octanol–water partition coefficient (Wildman–Crippen LogP) is 2.57. The molecule has 0 spiro atoms. The van der Waals surface area contributed by atoms with Crippen LogP contribution in [0.2, 0.25) is 0 Å². The van der Waals surface area contributed by atoms with Gasteiger partial charge in [0, 0.05) is 12.6 Å². The Morgan fingerprint density at radius 2 is 2.12 bits per heavy atom. The van der Waals surface area contributed by atoms with Gasteiger partial charge in [0.05, 0.1) is 6.07 Å². The van der Waals surface area contributed by atoms with Gasteiger partial charge in [0.2, 0.25) is 5.91 Å². The maximum absolute atomic E-state index is 12.2. The van der Waals surface area contributed by atoms with E-state index in [2.05, 4.69) is 19.9 Å². The van der Waals surface area contributed by atoms with Crippen LogP contribution in [0, 0.1) is 23.2 Å². The molecule has 0 radical (unpaired) electrons. The molecule has 1 aliphatic rings. The average molecular weight is 222 g/mol. The predicted molar refractivity (Wildman–Crippen MR) is 63.6 cm³/mol. The fourth-order valence-corrected chi connectivity index (χ4v) is 1.93. The molecule has 1 saturated carbocycles. The monoisotopic (exact) mass is 222 g/mol. The quantitative estimate of drug-likeness (QED) is 0.693. The van der Waals surface area contributed by atoms with Crippen LogP contribution in [0.3, 0.4) is 0 Å². The maximum atomic E-state index is 12.2. The second-order valence-corrected chi connectivity index (χ2v) is 5.09. The van der Waals surface area contributed by atoms with Crippen molar-refractivity contribution in [2.75, 3.05) is 6.54 Å². The first kappa shape index (κ1) is 13.0. The Labute approximate surface area is 98.4 Å². The van der Waals surface area contributed by atoms with Crippen molar-refractivity contribution < 1.29 is 4.79 Å². The van der Waals surface area contributed by atoms with Gasteiger partial charge in [0.1, 0.15) is 5.92 Å². The molecule has 0 aliphatic heterocycles. The normalized spacial score (nSPS) is 16.9. The summed E-state index contributed by atoms with van der Waals surface area (Å²) in [6.07, 6.45) is 3.81. The zero-order valence-electron chi connectivity index (χ0n) is 10.6. The van der Waals surface area contributed by atoms with Gasteiger partial charge in [-0.2, -0.15) is 5.26 Å². The summed E-state index contributed by atoms with van der Waals surface area (Å²) in [7, 11) is 0. The Balaban J connectivity index is 2.62. The minimum absolute atomic E-state index is 0.0561. The molecule has 3 heteroatoms. The van der Waals surface area contributed by atoms with E-state index in [0.717, 1.165) is 25.8 Å². The van der Waals surface area contributed by atoms with Crippen LogP contribution in [0.25, 0.3) is 0 Å². The molecule has 1 atom stereocenters. The van der Waals surface area contributed by atoms with E-state index in [-0.39, 0.29) is 5.91 Å². The third kappa shape index (κ3) is 3.52. The highest BCUT2D eigenvalue weighted by Gasteiger charge is 2.35. The standard InChI is InChI=1S/C13H22N2O/c1-4-5-11(8-14)13(16)15(9-10(2)3)12-6-7-12/h10-12H,4-7,9H2,1-3H3. The van der Waals surface area contributed by atoms with Gasteiger partial charge in [-0.05, 0) is 25.2 Å². The Kier molecular flexibility index (Phi) is 4.79. The molecule has 1 rings (SSSR count). The van der Waals surface area contributed by atoms with Gasteiger partial charge in [-0.15, -0.1) is 0 Å². The number of carbonyl (C=O) groups excluding carboxylic acids is 1. The number of carbonyl (C=O) groups is 1. The third-order valence-electron chi connectivity index (χ3n) is 2.86. The van der Waals surface area contributed by atoms with E-state index in [1.165, 1.54) is 0 Å². The first-order chi connectivity index (χ1) is 7.60.